The van der Waals surface area contributed by atoms with E-state index in [9.17, 15) is 13.2 Å². The van der Waals surface area contributed by atoms with Crippen molar-refractivity contribution >= 4 is 0 Å². The van der Waals surface area contributed by atoms with E-state index in [1.165, 1.54) is 0 Å². The van der Waals surface area contributed by atoms with E-state index in [2.05, 4.69) is 5.32 Å². The molecule has 5 heteroatoms. The number of benzene rings is 1. The maximum atomic E-state index is 12.1. The van der Waals surface area contributed by atoms with Crippen molar-refractivity contribution in [1.82, 2.24) is 5.32 Å². The van der Waals surface area contributed by atoms with Gasteiger partial charge in [-0.1, -0.05) is 30.3 Å². The molecule has 0 amide bonds. The van der Waals surface area contributed by atoms with Gasteiger partial charge in [0.25, 0.3) is 0 Å². The summed E-state index contributed by atoms with van der Waals surface area (Å²) in [4.78, 5) is 0. The first kappa shape index (κ1) is 13.5. The maximum absolute atomic E-state index is 12.1. The average molecular weight is 242 g/mol. The molecule has 0 bridgehead atoms. The van der Waals surface area contributed by atoms with Crippen LogP contribution in [-0.2, 0) is 0 Å². The molecule has 2 nitrogen and oxygen atoms in total. The Bertz CT molecular complexity index is 368. The second kappa shape index (κ2) is 6.26. The molecule has 17 heavy (non-hydrogen) atoms. The van der Waals surface area contributed by atoms with Gasteiger partial charge in [-0.3, -0.25) is 0 Å². The van der Waals surface area contributed by atoms with Crippen LogP contribution in [0.25, 0.3) is 0 Å². The van der Waals surface area contributed by atoms with E-state index < -0.39 is 18.8 Å². The number of alkyl halides is 3. The van der Waals surface area contributed by atoms with E-state index in [1.807, 2.05) is 6.07 Å². The highest BCUT2D eigenvalue weighted by molar-refractivity contribution is 5.19. The van der Waals surface area contributed by atoms with Gasteiger partial charge in [-0.05, 0) is 12.0 Å². The number of hydrogen-bond acceptors (Lipinski definition) is 2. The predicted octanol–water partition coefficient (Wildman–Crippen LogP) is 3.18. The van der Waals surface area contributed by atoms with Gasteiger partial charge >= 0.3 is 6.18 Å². The molecular formula is C12H13F3N2. The first-order valence-electron chi connectivity index (χ1n) is 5.25. The van der Waals surface area contributed by atoms with Gasteiger partial charge < -0.3 is 5.32 Å². The van der Waals surface area contributed by atoms with Crippen LogP contribution in [0.2, 0.25) is 0 Å². The smallest absolute Gasteiger partial charge is 0.302 e. The summed E-state index contributed by atoms with van der Waals surface area (Å²) in [5.74, 6) is 0. The molecule has 0 heterocycles. The molecule has 0 aliphatic carbocycles. The third-order valence-electron chi connectivity index (χ3n) is 2.30. The zero-order valence-corrected chi connectivity index (χ0v) is 9.17. The van der Waals surface area contributed by atoms with E-state index in [1.54, 1.807) is 30.3 Å². The monoisotopic (exact) mass is 242 g/mol. The highest BCUT2D eigenvalue weighted by Gasteiger charge is 2.28. The quantitative estimate of drug-likeness (QED) is 0.860. The van der Waals surface area contributed by atoms with Crippen LogP contribution in [-0.4, -0.2) is 12.7 Å². The summed E-state index contributed by atoms with van der Waals surface area (Å²) in [6, 6.07) is 10.4. The van der Waals surface area contributed by atoms with E-state index >= 15 is 0 Å². The van der Waals surface area contributed by atoms with Crippen LogP contribution in [0, 0.1) is 11.3 Å². The molecule has 1 N–H and O–H groups in total. The molecule has 0 aromatic heterocycles. The molecule has 1 rings (SSSR count). The molecule has 0 saturated carbocycles. The summed E-state index contributed by atoms with van der Waals surface area (Å²) >= 11 is 0. The molecule has 0 saturated heterocycles. The lowest BCUT2D eigenvalue weighted by molar-refractivity contribution is -0.126. The topological polar surface area (TPSA) is 35.8 Å². The van der Waals surface area contributed by atoms with Gasteiger partial charge in [0.15, 0.2) is 0 Å². The van der Waals surface area contributed by atoms with Crippen LogP contribution in [0.3, 0.4) is 0 Å². The van der Waals surface area contributed by atoms with E-state index in [0.717, 1.165) is 5.56 Å². The highest BCUT2D eigenvalue weighted by atomic mass is 19.4. The van der Waals surface area contributed by atoms with Crippen molar-refractivity contribution in [3.05, 3.63) is 35.9 Å². The number of rotatable bonds is 5. The van der Waals surface area contributed by atoms with Crippen molar-refractivity contribution in [1.29, 1.82) is 5.26 Å². The molecule has 0 aliphatic heterocycles. The van der Waals surface area contributed by atoms with E-state index in [-0.39, 0.29) is 6.42 Å². The summed E-state index contributed by atoms with van der Waals surface area (Å²) < 4.78 is 36.4. The molecule has 1 atom stereocenters. The largest absolute Gasteiger partial charge is 0.401 e. The van der Waals surface area contributed by atoms with Gasteiger partial charge in [0, 0.05) is 12.5 Å². The van der Waals surface area contributed by atoms with Crippen LogP contribution in [0.1, 0.15) is 24.4 Å². The van der Waals surface area contributed by atoms with Crippen molar-refractivity contribution in [3.8, 4) is 6.07 Å². The summed E-state index contributed by atoms with van der Waals surface area (Å²) in [6.45, 7) is -1.04. The zero-order chi connectivity index (χ0) is 12.7. The molecule has 92 valence electrons. The van der Waals surface area contributed by atoms with Crippen LogP contribution in [0.5, 0.6) is 0 Å². The van der Waals surface area contributed by atoms with Gasteiger partial charge in [-0.2, -0.15) is 18.4 Å². The summed E-state index contributed by atoms with van der Waals surface area (Å²) in [5, 5.41) is 10.9. The minimum Gasteiger partial charge on any atom is -0.302 e. The van der Waals surface area contributed by atoms with Crippen LogP contribution in [0.15, 0.2) is 30.3 Å². The summed E-state index contributed by atoms with van der Waals surface area (Å²) in [6.07, 6.45) is -3.64. The lowest BCUT2D eigenvalue weighted by Crippen LogP contribution is -2.32. The fraction of sp³-hybridized carbons (Fsp3) is 0.417. The summed E-state index contributed by atoms with van der Waals surface area (Å²) in [5.41, 5.74) is 0.770. The highest BCUT2D eigenvalue weighted by Crippen LogP contribution is 2.20. The van der Waals surface area contributed by atoms with Crippen LogP contribution >= 0.6 is 0 Å². The van der Waals surface area contributed by atoms with Gasteiger partial charge in [-0.15, -0.1) is 0 Å². The lowest BCUT2D eigenvalue weighted by atomic mass is 10.0. The van der Waals surface area contributed by atoms with Crippen molar-refractivity contribution < 1.29 is 13.2 Å². The molecule has 0 unspecified atom stereocenters. The van der Waals surface area contributed by atoms with Crippen molar-refractivity contribution in [2.75, 3.05) is 6.54 Å². The Balaban J connectivity index is 2.65. The Hall–Kier alpha value is -1.54. The Morgan fingerprint density at radius 3 is 2.41 bits per heavy atom. The number of hydrogen-bond donors (Lipinski definition) is 1. The van der Waals surface area contributed by atoms with Gasteiger partial charge in [0.2, 0.25) is 0 Å². The second-order valence-electron chi connectivity index (χ2n) is 3.66. The van der Waals surface area contributed by atoms with E-state index in [0.29, 0.717) is 6.42 Å². The van der Waals surface area contributed by atoms with Crippen molar-refractivity contribution in [3.63, 3.8) is 0 Å². The van der Waals surface area contributed by atoms with Crippen molar-refractivity contribution in [2.24, 2.45) is 0 Å². The average Bonchev–Trinajstić information content (AvgIpc) is 2.29. The van der Waals surface area contributed by atoms with Gasteiger partial charge in [-0.25, -0.2) is 0 Å². The van der Waals surface area contributed by atoms with E-state index in [4.69, 9.17) is 5.26 Å². The summed E-state index contributed by atoms with van der Waals surface area (Å²) in [7, 11) is 0. The fourth-order valence-corrected chi connectivity index (χ4v) is 1.52. The molecule has 0 spiro atoms. The Labute approximate surface area is 98.1 Å². The number of nitrogens with zero attached hydrogens (tertiary/aromatic N) is 1. The molecule has 0 aliphatic rings. The Kier molecular flexibility index (Phi) is 4.98. The van der Waals surface area contributed by atoms with Gasteiger partial charge in [0.1, 0.15) is 0 Å². The molecular weight excluding hydrogens is 229 g/mol. The third-order valence-corrected chi connectivity index (χ3v) is 2.30. The minimum atomic E-state index is -4.24. The maximum Gasteiger partial charge on any atom is 0.401 e. The number of nitrogens with one attached hydrogen (secondary N) is 1. The molecule has 1 aromatic rings. The number of nitriles is 1. The Morgan fingerprint density at radius 2 is 1.88 bits per heavy atom. The molecule has 1 aromatic carbocycles. The lowest BCUT2D eigenvalue weighted by Gasteiger charge is -2.19. The fourth-order valence-electron chi connectivity index (χ4n) is 1.52. The molecule has 0 radical (unpaired) electrons. The standard InChI is InChI=1S/C12H13F3N2/c13-12(14,15)9-17-11(7-4-8-16)10-5-2-1-3-6-10/h1-3,5-6,11,17H,4,7,9H2/t11-/m0/s1. The van der Waals surface area contributed by atoms with Gasteiger partial charge in [0.05, 0.1) is 12.6 Å². The van der Waals surface area contributed by atoms with Crippen LogP contribution < -0.4 is 5.32 Å². The predicted molar refractivity (Wildman–Crippen MR) is 58.1 cm³/mol. The number of halogens is 3. The van der Waals surface area contributed by atoms with Crippen LogP contribution in [0.4, 0.5) is 13.2 Å². The minimum absolute atomic E-state index is 0.227. The first-order chi connectivity index (χ1) is 8.03. The van der Waals surface area contributed by atoms with Crippen molar-refractivity contribution in [2.45, 2.75) is 25.1 Å². The second-order valence-corrected chi connectivity index (χ2v) is 3.66. The normalized spacial score (nSPS) is 13.1. The molecule has 0 fully saturated rings. The Morgan fingerprint density at radius 1 is 1.24 bits per heavy atom. The SMILES string of the molecule is N#CCC[C@H](NCC(F)(F)F)c1ccccc1. The third kappa shape index (κ3) is 5.36. The zero-order valence-electron chi connectivity index (χ0n) is 9.17. The first-order valence-corrected chi connectivity index (χ1v) is 5.25.